The summed E-state index contributed by atoms with van der Waals surface area (Å²) in [4.78, 5) is 19.0. The highest BCUT2D eigenvalue weighted by atomic mass is 127. The minimum atomic E-state index is -0.417. The molecule has 1 heterocycles. The first kappa shape index (κ1) is 18.0. The molecule has 0 bridgehead atoms. The Bertz CT molecular complexity index is 1020. The predicted molar refractivity (Wildman–Crippen MR) is 119 cm³/mol. The van der Waals surface area contributed by atoms with Gasteiger partial charge in [-0.1, -0.05) is 35.9 Å². The van der Waals surface area contributed by atoms with Crippen LogP contribution in [0.25, 0.3) is 0 Å². The van der Waals surface area contributed by atoms with Crippen LogP contribution in [0.1, 0.15) is 11.1 Å². The Morgan fingerprint density at radius 2 is 1.70 bits per heavy atom. The summed E-state index contributed by atoms with van der Waals surface area (Å²) in [6.07, 6.45) is 0. The number of nitrogens with zero attached hydrogens (tertiary/aromatic N) is 2. The Labute approximate surface area is 176 Å². The molecule has 0 saturated heterocycles. The van der Waals surface area contributed by atoms with Crippen molar-refractivity contribution in [3.8, 4) is 0 Å². The predicted octanol–water partition coefficient (Wildman–Crippen LogP) is 5.94. The van der Waals surface area contributed by atoms with Crippen LogP contribution < -0.4 is 10.2 Å². The highest BCUT2D eigenvalue weighted by Gasteiger charge is 2.27. The SMILES string of the molecule is O=C(/N=C1/c2ccccc2CN1c1ccc(I)cc1)Nc1ccc(Cl)cc1. The van der Waals surface area contributed by atoms with E-state index in [1.807, 2.05) is 42.5 Å². The van der Waals surface area contributed by atoms with Crippen molar-refractivity contribution in [2.24, 2.45) is 4.99 Å². The zero-order chi connectivity index (χ0) is 18.8. The van der Waals surface area contributed by atoms with Crippen molar-refractivity contribution in [1.29, 1.82) is 0 Å². The lowest BCUT2D eigenvalue weighted by atomic mass is 10.1. The van der Waals surface area contributed by atoms with E-state index < -0.39 is 6.03 Å². The van der Waals surface area contributed by atoms with Gasteiger partial charge in [-0.05, 0) is 76.7 Å². The molecule has 6 heteroatoms. The van der Waals surface area contributed by atoms with Gasteiger partial charge in [0.2, 0.25) is 0 Å². The van der Waals surface area contributed by atoms with Crippen LogP contribution in [-0.4, -0.2) is 11.9 Å². The number of amidine groups is 1. The number of fused-ring (bicyclic) bond motifs is 1. The van der Waals surface area contributed by atoms with Gasteiger partial charge in [0, 0.05) is 25.5 Å². The third-order valence-electron chi connectivity index (χ3n) is 4.28. The third kappa shape index (κ3) is 3.99. The van der Waals surface area contributed by atoms with Crippen LogP contribution >= 0.6 is 34.2 Å². The van der Waals surface area contributed by atoms with Gasteiger partial charge in [0.25, 0.3) is 0 Å². The Kier molecular flexibility index (Phi) is 5.13. The first-order valence-corrected chi connectivity index (χ1v) is 9.82. The standard InChI is InChI=1S/C21H15ClIN3O/c22-15-5-9-17(10-6-15)24-21(27)25-20-19-4-2-1-3-14(19)13-26(20)18-11-7-16(23)8-12-18/h1-12H,13H2,(H,24,27)/b25-20-. The first-order chi connectivity index (χ1) is 13.1. The maximum absolute atomic E-state index is 12.5. The number of carbonyl (C=O) groups is 1. The second-order valence-corrected chi connectivity index (χ2v) is 7.77. The number of nitrogens with one attached hydrogen (secondary N) is 1. The van der Waals surface area contributed by atoms with Gasteiger partial charge in [-0.2, -0.15) is 4.99 Å². The van der Waals surface area contributed by atoms with Crippen LogP contribution in [0.2, 0.25) is 5.02 Å². The number of benzene rings is 3. The molecular formula is C21H15ClIN3O. The van der Waals surface area contributed by atoms with Gasteiger partial charge < -0.3 is 10.2 Å². The van der Waals surface area contributed by atoms with Crippen molar-refractivity contribution in [1.82, 2.24) is 0 Å². The van der Waals surface area contributed by atoms with Crippen LogP contribution in [0.5, 0.6) is 0 Å². The molecule has 0 unspecified atom stereocenters. The normalized spacial score (nSPS) is 14.3. The molecule has 0 aromatic heterocycles. The molecule has 134 valence electrons. The lowest BCUT2D eigenvalue weighted by molar-refractivity contribution is 0.259. The molecule has 4 rings (SSSR count). The Hall–Kier alpha value is -2.38. The molecule has 27 heavy (non-hydrogen) atoms. The number of carbonyl (C=O) groups excluding carboxylic acids is 1. The smallest absolute Gasteiger partial charge is 0.321 e. The summed E-state index contributed by atoms with van der Waals surface area (Å²) in [5.74, 6) is 0.651. The Balaban J connectivity index is 1.67. The minimum absolute atomic E-state index is 0.417. The fraction of sp³-hybridized carbons (Fsp3) is 0.0476. The molecule has 0 saturated carbocycles. The molecule has 1 N–H and O–H groups in total. The maximum atomic E-state index is 12.5. The molecule has 1 aliphatic heterocycles. The summed E-state index contributed by atoms with van der Waals surface area (Å²) >= 11 is 8.17. The van der Waals surface area contributed by atoms with Crippen LogP contribution in [0.3, 0.4) is 0 Å². The van der Waals surface area contributed by atoms with E-state index in [4.69, 9.17) is 11.6 Å². The maximum Gasteiger partial charge on any atom is 0.347 e. The third-order valence-corrected chi connectivity index (χ3v) is 5.25. The molecule has 0 atom stereocenters. The number of hydrogen-bond donors (Lipinski definition) is 1. The molecule has 0 radical (unpaired) electrons. The fourth-order valence-electron chi connectivity index (χ4n) is 3.00. The summed E-state index contributed by atoms with van der Waals surface area (Å²) in [6.45, 7) is 0.684. The van der Waals surface area contributed by atoms with Crippen LogP contribution in [0.15, 0.2) is 77.8 Å². The average molecular weight is 488 g/mol. The van der Waals surface area contributed by atoms with Crippen molar-refractivity contribution in [2.75, 3.05) is 10.2 Å². The summed E-state index contributed by atoms with van der Waals surface area (Å²) in [5.41, 5.74) is 3.78. The Morgan fingerprint density at radius 1 is 1.00 bits per heavy atom. The number of amides is 2. The van der Waals surface area contributed by atoms with E-state index in [0.29, 0.717) is 23.1 Å². The second-order valence-electron chi connectivity index (χ2n) is 6.09. The molecule has 0 spiro atoms. The molecule has 3 aromatic carbocycles. The fourth-order valence-corrected chi connectivity index (χ4v) is 3.49. The molecule has 0 fully saturated rings. The largest absolute Gasteiger partial charge is 0.347 e. The number of hydrogen-bond acceptors (Lipinski definition) is 1. The number of urea groups is 1. The van der Waals surface area contributed by atoms with E-state index in [1.165, 1.54) is 0 Å². The van der Waals surface area contributed by atoms with Gasteiger partial charge in [0.15, 0.2) is 0 Å². The molecule has 3 aromatic rings. The first-order valence-electron chi connectivity index (χ1n) is 8.37. The van der Waals surface area contributed by atoms with Crippen LogP contribution in [-0.2, 0) is 6.54 Å². The summed E-state index contributed by atoms with van der Waals surface area (Å²) in [7, 11) is 0. The van der Waals surface area contributed by atoms with E-state index in [2.05, 4.69) is 43.9 Å². The van der Waals surface area contributed by atoms with Gasteiger partial charge in [-0.25, -0.2) is 4.79 Å². The van der Waals surface area contributed by atoms with E-state index >= 15 is 0 Å². The van der Waals surface area contributed by atoms with Crippen LogP contribution in [0.4, 0.5) is 16.2 Å². The number of rotatable bonds is 2. The number of anilines is 2. The zero-order valence-corrected chi connectivity index (χ0v) is 17.1. The monoisotopic (exact) mass is 487 g/mol. The lowest BCUT2D eigenvalue weighted by Crippen LogP contribution is -2.26. The zero-order valence-electron chi connectivity index (χ0n) is 14.2. The van der Waals surface area contributed by atoms with Gasteiger partial charge in [0.05, 0.1) is 6.54 Å². The topological polar surface area (TPSA) is 44.7 Å². The van der Waals surface area contributed by atoms with Crippen molar-refractivity contribution in [3.63, 3.8) is 0 Å². The van der Waals surface area contributed by atoms with Crippen molar-refractivity contribution in [3.05, 3.63) is 92.5 Å². The highest BCUT2D eigenvalue weighted by Crippen LogP contribution is 2.29. The van der Waals surface area contributed by atoms with Gasteiger partial charge in [-0.15, -0.1) is 0 Å². The van der Waals surface area contributed by atoms with E-state index in [1.54, 1.807) is 24.3 Å². The molecule has 1 aliphatic rings. The second kappa shape index (κ2) is 7.70. The van der Waals surface area contributed by atoms with Gasteiger partial charge in [-0.3, -0.25) is 0 Å². The molecular weight excluding hydrogens is 473 g/mol. The summed E-state index contributed by atoms with van der Waals surface area (Å²) in [5, 5.41) is 3.41. The molecule has 2 amide bonds. The van der Waals surface area contributed by atoms with Crippen molar-refractivity contribution >= 4 is 57.4 Å². The summed E-state index contributed by atoms with van der Waals surface area (Å²) in [6, 6.07) is 22.7. The number of aliphatic imine (C=N–C) groups is 1. The van der Waals surface area contributed by atoms with Gasteiger partial charge in [0.1, 0.15) is 5.84 Å². The van der Waals surface area contributed by atoms with Crippen molar-refractivity contribution < 1.29 is 4.79 Å². The van der Waals surface area contributed by atoms with Gasteiger partial charge >= 0.3 is 6.03 Å². The average Bonchev–Trinajstić information content (AvgIpc) is 3.03. The molecule has 0 aliphatic carbocycles. The lowest BCUT2D eigenvalue weighted by Gasteiger charge is -2.19. The molecule has 4 nitrogen and oxygen atoms in total. The summed E-state index contributed by atoms with van der Waals surface area (Å²) < 4.78 is 1.16. The van der Waals surface area contributed by atoms with Crippen LogP contribution in [0, 0.1) is 3.57 Å². The Morgan fingerprint density at radius 3 is 2.44 bits per heavy atom. The van der Waals surface area contributed by atoms with Crippen molar-refractivity contribution in [2.45, 2.75) is 6.54 Å². The van der Waals surface area contributed by atoms with E-state index in [9.17, 15) is 4.79 Å². The quantitative estimate of drug-likeness (QED) is 0.455. The number of halogens is 2. The minimum Gasteiger partial charge on any atom is -0.321 e. The van der Waals surface area contributed by atoms with E-state index in [-0.39, 0.29) is 0 Å². The highest BCUT2D eigenvalue weighted by molar-refractivity contribution is 14.1. The van der Waals surface area contributed by atoms with E-state index in [0.717, 1.165) is 20.4 Å².